The summed E-state index contributed by atoms with van der Waals surface area (Å²) < 4.78 is 7.95. The van der Waals surface area contributed by atoms with E-state index in [1.54, 1.807) is 0 Å². The maximum Gasteiger partial charge on any atom is 0.407 e. The summed E-state index contributed by atoms with van der Waals surface area (Å²) in [7, 11) is 1.91. The number of hydrogen-bond acceptors (Lipinski definition) is 5. The van der Waals surface area contributed by atoms with E-state index in [0.717, 1.165) is 28.0 Å². The summed E-state index contributed by atoms with van der Waals surface area (Å²) in [4.78, 5) is 29.4. The van der Waals surface area contributed by atoms with Crippen LogP contribution in [0.3, 0.4) is 0 Å². The Morgan fingerprint density at radius 2 is 2.21 bits per heavy atom. The van der Waals surface area contributed by atoms with E-state index in [2.05, 4.69) is 27.1 Å². The minimum absolute atomic E-state index is 0.246. The molecule has 1 aliphatic rings. The van der Waals surface area contributed by atoms with Crippen LogP contribution in [-0.4, -0.2) is 59.8 Å². The maximum atomic E-state index is 11.2. The van der Waals surface area contributed by atoms with Crippen molar-refractivity contribution in [2.45, 2.75) is 19.4 Å². The van der Waals surface area contributed by atoms with Gasteiger partial charge >= 0.3 is 6.09 Å². The first-order chi connectivity index (χ1) is 14.0. The van der Waals surface area contributed by atoms with Crippen molar-refractivity contribution in [2.75, 3.05) is 13.1 Å². The van der Waals surface area contributed by atoms with Gasteiger partial charge in [0.05, 0.1) is 12.1 Å². The molecule has 1 aliphatic heterocycles. The molecule has 1 amide bonds. The van der Waals surface area contributed by atoms with Crippen molar-refractivity contribution in [3.63, 3.8) is 0 Å². The zero-order chi connectivity index (χ0) is 20.1. The van der Waals surface area contributed by atoms with Crippen molar-refractivity contribution in [3.8, 4) is 17.3 Å². The van der Waals surface area contributed by atoms with Gasteiger partial charge in [-0.2, -0.15) is 4.98 Å². The second-order valence-electron chi connectivity index (χ2n) is 7.32. The fraction of sp³-hybridized carbons (Fsp3) is 0.300. The van der Waals surface area contributed by atoms with Gasteiger partial charge in [-0.05, 0) is 19.1 Å². The molecule has 1 aromatic carbocycles. The zero-order valence-corrected chi connectivity index (χ0v) is 16.1. The third kappa shape index (κ3) is 2.86. The normalized spacial score (nSPS) is 16.8. The summed E-state index contributed by atoms with van der Waals surface area (Å²) in [5.41, 5.74) is 4.31. The molecule has 2 N–H and O–H groups in total. The van der Waals surface area contributed by atoms with Gasteiger partial charge in [0, 0.05) is 36.7 Å². The van der Waals surface area contributed by atoms with Gasteiger partial charge in [-0.25, -0.2) is 14.8 Å². The number of aromatic amines is 1. The molecule has 4 aromatic rings. The summed E-state index contributed by atoms with van der Waals surface area (Å²) >= 11 is 0. The Morgan fingerprint density at radius 1 is 1.34 bits per heavy atom. The van der Waals surface area contributed by atoms with E-state index < -0.39 is 6.09 Å². The molecule has 148 valence electrons. The number of carbonyl (C=O) groups is 1. The predicted octanol–water partition coefficient (Wildman–Crippen LogP) is 2.95. The lowest BCUT2D eigenvalue weighted by Gasteiger charge is -2.13. The molecule has 3 aromatic heterocycles. The highest BCUT2D eigenvalue weighted by atomic mass is 16.5. The van der Waals surface area contributed by atoms with Crippen molar-refractivity contribution >= 4 is 28.2 Å². The molecule has 0 spiro atoms. The van der Waals surface area contributed by atoms with Crippen LogP contribution < -0.4 is 4.74 Å². The van der Waals surface area contributed by atoms with E-state index in [1.165, 1.54) is 11.2 Å². The number of amides is 1. The van der Waals surface area contributed by atoms with E-state index in [1.807, 2.05) is 30.7 Å². The molecule has 0 radical (unpaired) electrons. The van der Waals surface area contributed by atoms with E-state index >= 15 is 0 Å². The number of aryl methyl sites for hydroxylation is 2. The van der Waals surface area contributed by atoms with E-state index in [4.69, 9.17) is 14.8 Å². The molecule has 9 heteroatoms. The van der Waals surface area contributed by atoms with Gasteiger partial charge in [-0.3, -0.25) is 0 Å². The highest BCUT2D eigenvalue weighted by molar-refractivity contribution is 5.95. The number of nitrogens with zero attached hydrogens (tertiary/aromatic N) is 5. The molecule has 1 atom stereocenters. The summed E-state index contributed by atoms with van der Waals surface area (Å²) in [6.07, 6.45) is 0.896. The Labute approximate surface area is 166 Å². The number of rotatable bonds is 3. The minimum atomic E-state index is -0.932. The molecule has 0 saturated carbocycles. The average Bonchev–Trinajstić information content (AvgIpc) is 3.39. The molecular formula is C20H20N6O3. The zero-order valence-electron chi connectivity index (χ0n) is 16.1. The first-order valence-corrected chi connectivity index (χ1v) is 9.42. The number of nitrogens with one attached hydrogen (secondary N) is 1. The molecule has 1 saturated heterocycles. The number of imidazole rings is 1. The lowest BCUT2D eigenvalue weighted by atomic mass is 10.1. The molecule has 1 unspecified atom stereocenters. The highest BCUT2D eigenvalue weighted by Crippen LogP contribution is 2.32. The van der Waals surface area contributed by atoms with E-state index in [-0.39, 0.29) is 6.10 Å². The van der Waals surface area contributed by atoms with Crippen LogP contribution in [0.1, 0.15) is 12.1 Å². The highest BCUT2D eigenvalue weighted by Gasteiger charge is 2.29. The summed E-state index contributed by atoms with van der Waals surface area (Å²) in [5, 5.41) is 10.3. The summed E-state index contributed by atoms with van der Waals surface area (Å²) in [6, 6.07) is 8.19. The van der Waals surface area contributed by atoms with Gasteiger partial charge in [0.15, 0.2) is 11.2 Å². The van der Waals surface area contributed by atoms with E-state index in [0.29, 0.717) is 36.6 Å². The monoisotopic (exact) mass is 392 g/mol. The second kappa shape index (κ2) is 6.47. The topological polar surface area (TPSA) is 109 Å². The van der Waals surface area contributed by atoms with Crippen LogP contribution in [0.2, 0.25) is 0 Å². The van der Waals surface area contributed by atoms with E-state index in [9.17, 15) is 4.79 Å². The molecule has 29 heavy (non-hydrogen) atoms. The first kappa shape index (κ1) is 17.5. The van der Waals surface area contributed by atoms with Crippen molar-refractivity contribution in [1.29, 1.82) is 0 Å². The number of ether oxygens (including phenoxy) is 1. The van der Waals surface area contributed by atoms with Gasteiger partial charge < -0.3 is 24.3 Å². The number of benzene rings is 1. The Bertz CT molecular complexity index is 1240. The Hall–Kier alpha value is -3.62. The molecule has 9 nitrogen and oxygen atoms in total. The minimum Gasteiger partial charge on any atom is -0.471 e. The quantitative estimate of drug-likeness (QED) is 0.555. The van der Waals surface area contributed by atoms with Crippen LogP contribution in [0.25, 0.3) is 33.5 Å². The molecule has 0 bridgehead atoms. The number of fused-ring (bicyclic) bond motifs is 2. The maximum absolute atomic E-state index is 11.2. The van der Waals surface area contributed by atoms with Gasteiger partial charge in [-0.15, -0.1) is 0 Å². The lowest BCUT2D eigenvalue weighted by Crippen LogP contribution is -2.29. The number of H-pyrrole nitrogens is 1. The van der Waals surface area contributed by atoms with Crippen molar-refractivity contribution < 1.29 is 14.6 Å². The van der Waals surface area contributed by atoms with Crippen molar-refractivity contribution in [2.24, 2.45) is 7.05 Å². The third-order valence-corrected chi connectivity index (χ3v) is 5.35. The predicted molar refractivity (Wildman–Crippen MR) is 107 cm³/mol. The summed E-state index contributed by atoms with van der Waals surface area (Å²) in [5.74, 6) is 1.14. The Morgan fingerprint density at radius 3 is 3.00 bits per heavy atom. The lowest BCUT2D eigenvalue weighted by molar-refractivity contribution is 0.145. The van der Waals surface area contributed by atoms with Gasteiger partial charge in [0.25, 0.3) is 0 Å². The molecule has 4 heterocycles. The standard InChI is InChI=1S/C20H20N6O3/c1-11-8-12-4-3-5-14(15(12)23-11)17-24-16-18(25(17)2)21-10-22-19(16)29-13-6-7-26(9-13)20(27)28/h3-5,8,10,13,23H,6-7,9H2,1-2H3,(H,27,28). The number of aromatic nitrogens is 5. The van der Waals surface area contributed by atoms with Crippen LogP contribution in [0.4, 0.5) is 4.79 Å². The molecule has 1 fully saturated rings. The molecule has 5 rings (SSSR count). The van der Waals surface area contributed by atoms with Gasteiger partial charge in [0.2, 0.25) is 5.88 Å². The average molecular weight is 392 g/mol. The Kier molecular flexibility index (Phi) is 3.90. The van der Waals surface area contributed by atoms with Crippen LogP contribution in [-0.2, 0) is 7.05 Å². The van der Waals surface area contributed by atoms with Crippen molar-refractivity contribution in [3.05, 3.63) is 36.3 Å². The molecule has 0 aliphatic carbocycles. The third-order valence-electron chi connectivity index (χ3n) is 5.35. The first-order valence-electron chi connectivity index (χ1n) is 9.42. The second-order valence-corrected chi connectivity index (χ2v) is 7.32. The van der Waals surface area contributed by atoms with Crippen LogP contribution >= 0.6 is 0 Å². The van der Waals surface area contributed by atoms with Crippen molar-refractivity contribution in [1.82, 2.24) is 29.4 Å². The van der Waals surface area contributed by atoms with Gasteiger partial charge in [-0.1, -0.05) is 12.1 Å². The van der Waals surface area contributed by atoms with Gasteiger partial charge in [0.1, 0.15) is 18.3 Å². The number of carboxylic acid groups (broad SMARTS) is 1. The Balaban J connectivity index is 1.56. The fourth-order valence-electron chi connectivity index (χ4n) is 3.94. The number of likely N-dealkylation sites (tertiary alicyclic amines) is 1. The van der Waals surface area contributed by atoms with Crippen LogP contribution in [0, 0.1) is 6.92 Å². The van der Waals surface area contributed by atoms with Crippen LogP contribution in [0.5, 0.6) is 5.88 Å². The fourth-order valence-corrected chi connectivity index (χ4v) is 3.94. The number of hydrogen-bond donors (Lipinski definition) is 2. The number of para-hydroxylation sites is 1. The largest absolute Gasteiger partial charge is 0.471 e. The smallest absolute Gasteiger partial charge is 0.407 e. The molecular weight excluding hydrogens is 372 g/mol. The van der Waals surface area contributed by atoms with Crippen LogP contribution in [0.15, 0.2) is 30.6 Å². The SMILES string of the molecule is Cc1cc2cccc(-c3nc4c(OC5CCN(C(=O)O)C5)ncnc4n3C)c2[nH]1. The summed E-state index contributed by atoms with van der Waals surface area (Å²) in [6.45, 7) is 2.80.